The number of H-pyrrole nitrogens is 1. The summed E-state index contributed by atoms with van der Waals surface area (Å²) >= 11 is 2.74. The van der Waals surface area contributed by atoms with E-state index in [0.717, 1.165) is 11.3 Å². The molecule has 0 aliphatic heterocycles. The first kappa shape index (κ1) is 15.6. The molecule has 25 heavy (non-hydrogen) atoms. The molecule has 1 N–H and O–H groups in total. The Bertz CT molecular complexity index is 1080. The Morgan fingerprint density at radius 2 is 2.00 bits per heavy atom. The number of aromatic amines is 1. The smallest absolute Gasteiger partial charge is 0.291 e. The van der Waals surface area contributed by atoms with Crippen LogP contribution in [0.5, 0.6) is 0 Å². The number of hydrogen-bond donors (Lipinski definition) is 1. The lowest BCUT2D eigenvalue weighted by Gasteiger charge is -1.95. The van der Waals surface area contributed by atoms with Gasteiger partial charge in [0.05, 0.1) is 11.4 Å². The van der Waals surface area contributed by atoms with Gasteiger partial charge in [-0.25, -0.2) is 9.97 Å². The van der Waals surface area contributed by atoms with Gasteiger partial charge in [-0.1, -0.05) is 30.3 Å². The fourth-order valence-corrected chi connectivity index (χ4v) is 3.50. The van der Waals surface area contributed by atoms with Crippen molar-refractivity contribution in [1.29, 1.82) is 0 Å². The van der Waals surface area contributed by atoms with E-state index in [-0.39, 0.29) is 11.2 Å². The van der Waals surface area contributed by atoms with Gasteiger partial charge in [0, 0.05) is 22.5 Å². The summed E-state index contributed by atoms with van der Waals surface area (Å²) in [7, 11) is 0. The van der Waals surface area contributed by atoms with Crippen molar-refractivity contribution in [2.45, 2.75) is 6.92 Å². The lowest BCUT2D eigenvalue weighted by molar-refractivity contribution is 0.827. The van der Waals surface area contributed by atoms with Gasteiger partial charge < -0.3 is 0 Å². The van der Waals surface area contributed by atoms with Gasteiger partial charge in [-0.05, 0) is 6.92 Å². The van der Waals surface area contributed by atoms with E-state index in [2.05, 4.69) is 25.3 Å². The number of nitrogens with one attached hydrogen (secondary N) is 1. The summed E-state index contributed by atoms with van der Waals surface area (Å²) in [5.74, 6) is 0. The lowest BCUT2D eigenvalue weighted by Crippen LogP contribution is -2.13. The summed E-state index contributed by atoms with van der Waals surface area (Å²) in [6.45, 7) is 1.78. The van der Waals surface area contributed by atoms with E-state index < -0.39 is 0 Å². The molecule has 0 bridgehead atoms. The Morgan fingerprint density at radius 3 is 2.76 bits per heavy atom. The van der Waals surface area contributed by atoms with Crippen molar-refractivity contribution in [1.82, 2.24) is 19.7 Å². The second kappa shape index (κ2) is 6.54. The Balaban J connectivity index is 1.69. The maximum atomic E-state index is 12.6. The highest BCUT2D eigenvalue weighted by Crippen LogP contribution is 2.25. The van der Waals surface area contributed by atoms with Crippen LogP contribution in [0.3, 0.4) is 0 Å². The zero-order valence-corrected chi connectivity index (χ0v) is 14.7. The number of nitrogens with zero attached hydrogens (tertiary/aromatic N) is 5. The topological polar surface area (TPSA) is 88.3 Å². The van der Waals surface area contributed by atoms with Crippen molar-refractivity contribution in [3.63, 3.8) is 0 Å². The highest BCUT2D eigenvalue weighted by molar-refractivity contribution is 7.13. The molecule has 0 spiro atoms. The SMILES string of the molecule is Cc1[nH]n(-c2nc(-c3ccccc3)cs2)c(=O)c1N=Nc1nccs1. The number of benzene rings is 1. The third-order valence-corrected chi connectivity index (χ3v) is 4.93. The summed E-state index contributed by atoms with van der Waals surface area (Å²) in [4.78, 5) is 21.2. The summed E-state index contributed by atoms with van der Waals surface area (Å²) < 4.78 is 1.39. The molecule has 0 aliphatic carbocycles. The van der Waals surface area contributed by atoms with Crippen LogP contribution >= 0.6 is 22.7 Å². The van der Waals surface area contributed by atoms with Crippen LogP contribution in [0.4, 0.5) is 10.8 Å². The second-order valence-corrected chi connectivity index (χ2v) is 6.83. The zero-order chi connectivity index (χ0) is 17.2. The molecule has 0 atom stereocenters. The van der Waals surface area contributed by atoms with Crippen LogP contribution < -0.4 is 5.56 Å². The summed E-state index contributed by atoms with van der Waals surface area (Å²) in [5, 5.41) is 15.8. The molecule has 0 fully saturated rings. The Morgan fingerprint density at radius 1 is 1.16 bits per heavy atom. The predicted molar refractivity (Wildman–Crippen MR) is 98.5 cm³/mol. The van der Waals surface area contributed by atoms with Gasteiger partial charge in [-0.3, -0.25) is 9.89 Å². The Hall–Kier alpha value is -2.91. The van der Waals surface area contributed by atoms with Crippen molar-refractivity contribution in [2.24, 2.45) is 10.2 Å². The van der Waals surface area contributed by atoms with E-state index >= 15 is 0 Å². The van der Waals surface area contributed by atoms with E-state index in [9.17, 15) is 4.79 Å². The first-order chi connectivity index (χ1) is 12.2. The van der Waals surface area contributed by atoms with Crippen LogP contribution in [0.15, 0.2) is 62.3 Å². The minimum absolute atomic E-state index is 0.256. The van der Waals surface area contributed by atoms with Gasteiger partial charge in [-0.2, -0.15) is 4.68 Å². The van der Waals surface area contributed by atoms with Gasteiger partial charge in [0.2, 0.25) is 10.3 Å². The average molecular weight is 368 g/mol. The molecule has 3 heterocycles. The molecule has 0 unspecified atom stereocenters. The largest absolute Gasteiger partial charge is 0.301 e. The van der Waals surface area contributed by atoms with Gasteiger partial charge >= 0.3 is 5.56 Å². The summed E-state index contributed by atoms with van der Waals surface area (Å²) in [5.41, 5.74) is 2.43. The molecule has 4 rings (SSSR count). The van der Waals surface area contributed by atoms with Crippen LogP contribution in [0, 0.1) is 6.92 Å². The number of azo groups is 1. The van der Waals surface area contributed by atoms with E-state index in [1.165, 1.54) is 27.4 Å². The molecule has 3 aromatic heterocycles. The van der Waals surface area contributed by atoms with Crippen molar-refractivity contribution >= 4 is 33.5 Å². The average Bonchev–Trinajstić information content (AvgIpc) is 3.36. The van der Waals surface area contributed by atoms with Crippen molar-refractivity contribution in [3.8, 4) is 16.4 Å². The zero-order valence-electron chi connectivity index (χ0n) is 13.1. The molecule has 0 aliphatic rings. The normalized spacial score (nSPS) is 11.4. The molecule has 0 saturated heterocycles. The molecule has 124 valence electrons. The van der Waals surface area contributed by atoms with Crippen LogP contribution in [0.1, 0.15) is 5.69 Å². The minimum Gasteiger partial charge on any atom is -0.291 e. The molecule has 0 radical (unpaired) electrons. The van der Waals surface area contributed by atoms with Gasteiger partial charge in [0.25, 0.3) is 0 Å². The van der Waals surface area contributed by atoms with E-state index in [4.69, 9.17) is 0 Å². The number of thiazole rings is 2. The molecular formula is C16H12N6OS2. The number of aryl methyl sites for hydroxylation is 1. The summed E-state index contributed by atoms with van der Waals surface area (Å²) in [6.07, 6.45) is 1.64. The molecule has 7 nitrogen and oxygen atoms in total. The van der Waals surface area contributed by atoms with Crippen LogP contribution in [0.2, 0.25) is 0 Å². The van der Waals surface area contributed by atoms with E-state index in [1.54, 1.807) is 18.5 Å². The molecule has 9 heteroatoms. The quantitative estimate of drug-likeness (QED) is 0.539. The Labute approximate surface area is 150 Å². The molecule has 1 aromatic carbocycles. The number of rotatable bonds is 4. The van der Waals surface area contributed by atoms with E-state index in [0.29, 0.717) is 16.0 Å². The monoisotopic (exact) mass is 368 g/mol. The van der Waals surface area contributed by atoms with Crippen LogP contribution in [-0.2, 0) is 0 Å². The van der Waals surface area contributed by atoms with Gasteiger partial charge in [0.15, 0.2) is 5.69 Å². The predicted octanol–water partition coefficient (Wildman–Crippen LogP) is 4.47. The third kappa shape index (κ3) is 3.06. The Kier molecular flexibility index (Phi) is 4.08. The van der Waals surface area contributed by atoms with E-state index in [1.807, 2.05) is 35.7 Å². The fraction of sp³-hybridized carbons (Fsp3) is 0.0625. The summed E-state index contributed by atoms with van der Waals surface area (Å²) in [6, 6.07) is 9.83. The molecule has 0 saturated carbocycles. The highest BCUT2D eigenvalue weighted by Gasteiger charge is 2.15. The molecular weight excluding hydrogens is 356 g/mol. The molecule has 4 aromatic rings. The van der Waals surface area contributed by atoms with Gasteiger partial charge in [-0.15, -0.1) is 32.9 Å². The third-order valence-electron chi connectivity index (χ3n) is 3.45. The van der Waals surface area contributed by atoms with Crippen molar-refractivity contribution in [2.75, 3.05) is 0 Å². The highest BCUT2D eigenvalue weighted by atomic mass is 32.1. The van der Waals surface area contributed by atoms with Gasteiger partial charge in [0.1, 0.15) is 0 Å². The minimum atomic E-state index is -0.285. The fourth-order valence-electron chi connectivity index (χ4n) is 2.26. The standard InChI is InChI=1S/C16H12N6OS2/c1-10-13(19-20-15-17-7-8-24-15)14(23)22(21-10)16-18-12(9-25-16)11-5-3-2-4-6-11/h2-9,21H,1H3. The molecule has 0 amide bonds. The maximum absolute atomic E-state index is 12.6. The number of aromatic nitrogens is 4. The van der Waals surface area contributed by atoms with Crippen molar-refractivity contribution < 1.29 is 0 Å². The first-order valence-electron chi connectivity index (χ1n) is 7.36. The second-order valence-electron chi connectivity index (χ2n) is 5.12. The van der Waals surface area contributed by atoms with Crippen LogP contribution in [0.25, 0.3) is 16.4 Å². The lowest BCUT2D eigenvalue weighted by atomic mass is 10.2. The van der Waals surface area contributed by atoms with Crippen LogP contribution in [-0.4, -0.2) is 19.7 Å². The maximum Gasteiger partial charge on any atom is 0.301 e. The number of hydrogen-bond acceptors (Lipinski definition) is 7. The van der Waals surface area contributed by atoms with Crippen molar-refractivity contribution in [3.05, 3.63) is 63.3 Å². The first-order valence-corrected chi connectivity index (χ1v) is 9.12.